The van der Waals surface area contributed by atoms with Crippen LogP contribution in [0.5, 0.6) is 0 Å². The molecule has 0 aromatic carbocycles. The highest BCUT2D eigenvalue weighted by Crippen LogP contribution is 2.66. The molecule has 3 saturated carbocycles. The van der Waals surface area contributed by atoms with Crippen LogP contribution in [0.4, 0.5) is 0 Å². The summed E-state index contributed by atoms with van der Waals surface area (Å²) >= 11 is 0. The Bertz CT molecular complexity index is 638. The van der Waals surface area contributed by atoms with E-state index in [-0.39, 0.29) is 40.3 Å². The molecule has 4 nitrogen and oxygen atoms in total. The molecule has 3 aliphatic carbocycles. The van der Waals surface area contributed by atoms with Crippen LogP contribution in [0.2, 0.25) is 0 Å². The van der Waals surface area contributed by atoms with Crippen LogP contribution in [0.3, 0.4) is 0 Å². The zero-order valence-corrected chi connectivity index (χ0v) is 17.8. The normalized spacial score (nSPS) is 46.7. The molecule has 4 rings (SSSR count). The maximum atomic E-state index is 13.0. The van der Waals surface area contributed by atoms with Crippen molar-refractivity contribution in [2.45, 2.75) is 97.6 Å². The second-order valence-electron chi connectivity index (χ2n) is 11.4. The van der Waals surface area contributed by atoms with E-state index in [4.69, 9.17) is 4.74 Å². The summed E-state index contributed by atoms with van der Waals surface area (Å²) in [5.74, 6) is 2.38. The minimum Gasteiger partial charge on any atom is -0.462 e. The summed E-state index contributed by atoms with van der Waals surface area (Å²) < 4.78 is 5.79. The molecule has 0 aromatic rings. The lowest BCUT2D eigenvalue weighted by Gasteiger charge is -2.59. The SMILES string of the molecule is CC(C)(C)NC(=O)[C@H]1CCC2C3CC[C@H]4OC(=O)CC[C@]4(C)C3CC[C@@]21C. The van der Waals surface area contributed by atoms with Gasteiger partial charge in [-0.2, -0.15) is 0 Å². The summed E-state index contributed by atoms with van der Waals surface area (Å²) in [5, 5.41) is 3.25. The summed E-state index contributed by atoms with van der Waals surface area (Å²) in [5.41, 5.74) is 0.106. The second kappa shape index (κ2) is 6.22. The van der Waals surface area contributed by atoms with E-state index in [1.54, 1.807) is 0 Å². The monoisotopic (exact) mass is 375 g/mol. The zero-order valence-electron chi connectivity index (χ0n) is 17.8. The number of carbonyl (C=O) groups is 2. The van der Waals surface area contributed by atoms with E-state index in [1.165, 1.54) is 12.8 Å². The fraction of sp³-hybridized carbons (Fsp3) is 0.913. The molecule has 27 heavy (non-hydrogen) atoms. The van der Waals surface area contributed by atoms with Gasteiger partial charge < -0.3 is 10.1 Å². The predicted octanol–water partition coefficient (Wildman–Crippen LogP) is 4.47. The van der Waals surface area contributed by atoms with Gasteiger partial charge in [-0.15, -0.1) is 0 Å². The number of carbonyl (C=O) groups excluding carboxylic acids is 2. The third-order valence-corrected chi connectivity index (χ3v) is 8.74. The minimum atomic E-state index is -0.166. The zero-order chi connectivity index (χ0) is 19.6. The van der Waals surface area contributed by atoms with Crippen LogP contribution in [-0.4, -0.2) is 23.5 Å². The van der Waals surface area contributed by atoms with Gasteiger partial charge in [0.15, 0.2) is 0 Å². The van der Waals surface area contributed by atoms with Crippen molar-refractivity contribution in [1.29, 1.82) is 0 Å². The Balaban J connectivity index is 1.55. The Morgan fingerprint density at radius 1 is 1.00 bits per heavy atom. The average Bonchev–Trinajstić information content (AvgIpc) is 2.91. The van der Waals surface area contributed by atoms with E-state index < -0.39 is 0 Å². The van der Waals surface area contributed by atoms with E-state index in [1.807, 2.05) is 0 Å². The predicted molar refractivity (Wildman–Crippen MR) is 105 cm³/mol. The molecule has 1 saturated heterocycles. The Kier molecular flexibility index (Phi) is 4.44. The van der Waals surface area contributed by atoms with Gasteiger partial charge in [0.2, 0.25) is 5.91 Å². The number of nitrogens with one attached hydrogen (secondary N) is 1. The first kappa shape index (κ1) is 19.3. The molecule has 0 radical (unpaired) electrons. The Morgan fingerprint density at radius 2 is 1.70 bits per heavy atom. The lowest BCUT2D eigenvalue weighted by atomic mass is 9.47. The van der Waals surface area contributed by atoms with Crippen LogP contribution in [0.1, 0.15) is 86.0 Å². The van der Waals surface area contributed by atoms with Gasteiger partial charge in [-0.1, -0.05) is 13.8 Å². The summed E-state index contributed by atoms with van der Waals surface area (Å²) in [6.45, 7) is 11.0. The Labute approximate surface area is 164 Å². The first-order chi connectivity index (χ1) is 12.5. The number of esters is 1. The highest BCUT2D eigenvalue weighted by molar-refractivity contribution is 5.80. The first-order valence-corrected chi connectivity index (χ1v) is 11.1. The molecule has 0 bridgehead atoms. The topological polar surface area (TPSA) is 55.4 Å². The smallest absolute Gasteiger partial charge is 0.306 e. The standard InChI is InChI=1S/C23H37NO3/c1-21(2,3)24-20(26)17-8-7-15-14-6-9-18-23(5,13-11-19(25)27-18)16(14)10-12-22(15,17)4/h14-18H,6-13H2,1-5H3,(H,24,26)/t14?,15?,16?,17-,18-,22+,23-/m1/s1. The molecule has 0 spiro atoms. The van der Waals surface area contributed by atoms with Gasteiger partial charge in [0.1, 0.15) is 6.10 Å². The molecule has 7 atom stereocenters. The number of hydrogen-bond acceptors (Lipinski definition) is 3. The van der Waals surface area contributed by atoms with Crippen molar-refractivity contribution in [3.63, 3.8) is 0 Å². The molecular weight excluding hydrogens is 338 g/mol. The first-order valence-electron chi connectivity index (χ1n) is 11.1. The summed E-state index contributed by atoms with van der Waals surface area (Å²) in [7, 11) is 0. The number of fused-ring (bicyclic) bond motifs is 5. The largest absolute Gasteiger partial charge is 0.462 e. The van der Waals surface area contributed by atoms with Crippen molar-refractivity contribution in [3.8, 4) is 0 Å². The second-order valence-corrected chi connectivity index (χ2v) is 11.4. The van der Waals surface area contributed by atoms with Gasteiger partial charge in [-0.05, 0) is 88.9 Å². The van der Waals surface area contributed by atoms with Crippen LogP contribution < -0.4 is 5.32 Å². The highest BCUT2D eigenvalue weighted by atomic mass is 16.5. The Hall–Kier alpha value is -1.06. The van der Waals surface area contributed by atoms with E-state index in [2.05, 4.69) is 39.9 Å². The lowest BCUT2D eigenvalue weighted by Crippen LogP contribution is -2.57. The molecule has 3 unspecified atom stereocenters. The summed E-state index contributed by atoms with van der Waals surface area (Å²) in [6.07, 6.45) is 8.37. The van der Waals surface area contributed by atoms with Gasteiger partial charge >= 0.3 is 5.97 Å². The summed E-state index contributed by atoms with van der Waals surface area (Å²) in [6, 6.07) is 0. The van der Waals surface area contributed by atoms with Crippen LogP contribution in [0.15, 0.2) is 0 Å². The van der Waals surface area contributed by atoms with Crippen molar-refractivity contribution < 1.29 is 14.3 Å². The average molecular weight is 376 g/mol. The lowest BCUT2D eigenvalue weighted by molar-refractivity contribution is -0.192. The quantitative estimate of drug-likeness (QED) is 0.688. The van der Waals surface area contributed by atoms with Crippen LogP contribution in [-0.2, 0) is 14.3 Å². The van der Waals surface area contributed by atoms with E-state index in [0.29, 0.717) is 24.2 Å². The molecule has 4 heteroatoms. The molecular formula is C23H37NO3. The third-order valence-electron chi connectivity index (χ3n) is 8.74. The van der Waals surface area contributed by atoms with Crippen molar-refractivity contribution in [2.75, 3.05) is 0 Å². The van der Waals surface area contributed by atoms with Crippen molar-refractivity contribution in [2.24, 2.45) is 34.5 Å². The highest BCUT2D eigenvalue weighted by Gasteiger charge is 2.62. The van der Waals surface area contributed by atoms with Crippen molar-refractivity contribution in [1.82, 2.24) is 5.32 Å². The van der Waals surface area contributed by atoms with Gasteiger partial charge in [-0.3, -0.25) is 9.59 Å². The molecule has 4 fully saturated rings. The molecule has 1 amide bonds. The van der Waals surface area contributed by atoms with Gasteiger partial charge in [0, 0.05) is 23.3 Å². The maximum absolute atomic E-state index is 13.0. The van der Waals surface area contributed by atoms with Crippen molar-refractivity contribution >= 4 is 11.9 Å². The molecule has 4 aliphatic rings. The molecule has 1 N–H and O–H groups in total. The molecule has 152 valence electrons. The number of hydrogen-bond donors (Lipinski definition) is 1. The van der Waals surface area contributed by atoms with E-state index in [9.17, 15) is 9.59 Å². The third kappa shape index (κ3) is 3.02. The van der Waals surface area contributed by atoms with E-state index >= 15 is 0 Å². The van der Waals surface area contributed by atoms with Gasteiger partial charge in [0.25, 0.3) is 0 Å². The van der Waals surface area contributed by atoms with Crippen LogP contribution in [0, 0.1) is 34.5 Å². The van der Waals surface area contributed by atoms with E-state index in [0.717, 1.165) is 32.1 Å². The number of amides is 1. The fourth-order valence-electron chi connectivity index (χ4n) is 7.44. The minimum absolute atomic E-state index is 0.00338. The maximum Gasteiger partial charge on any atom is 0.306 e. The molecule has 1 heterocycles. The number of rotatable bonds is 1. The van der Waals surface area contributed by atoms with Crippen molar-refractivity contribution in [3.05, 3.63) is 0 Å². The van der Waals surface area contributed by atoms with Crippen LogP contribution >= 0.6 is 0 Å². The fourth-order valence-corrected chi connectivity index (χ4v) is 7.44. The summed E-state index contributed by atoms with van der Waals surface area (Å²) in [4.78, 5) is 24.9. The number of ether oxygens (including phenoxy) is 1. The van der Waals surface area contributed by atoms with Gasteiger partial charge in [0.05, 0.1) is 0 Å². The van der Waals surface area contributed by atoms with Crippen LogP contribution in [0.25, 0.3) is 0 Å². The Morgan fingerprint density at radius 3 is 2.41 bits per heavy atom. The van der Waals surface area contributed by atoms with Gasteiger partial charge in [-0.25, -0.2) is 0 Å². The molecule has 1 aliphatic heterocycles. The molecule has 0 aromatic heterocycles.